The predicted octanol–water partition coefficient (Wildman–Crippen LogP) is 4.14. The summed E-state index contributed by atoms with van der Waals surface area (Å²) in [5, 5.41) is 3.14. The fourth-order valence-electron chi connectivity index (χ4n) is 1.83. The largest absolute Gasteiger partial charge is 0.497 e. The van der Waals surface area contributed by atoms with Gasteiger partial charge in [0.05, 0.1) is 24.9 Å². The average Bonchev–Trinajstić information content (AvgIpc) is 2.54. The molecule has 0 heterocycles. The number of anilines is 1. The molecule has 2 rings (SSSR count). The number of hydrogen-bond donors (Lipinski definition) is 1. The van der Waals surface area contributed by atoms with Crippen molar-refractivity contribution in [2.75, 3.05) is 26.1 Å². The monoisotopic (exact) mass is 399 g/mol. The van der Waals surface area contributed by atoms with Crippen molar-refractivity contribution in [2.45, 2.75) is 0 Å². The summed E-state index contributed by atoms with van der Waals surface area (Å²) in [7, 11) is 3.07. The Labute approximate surface area is 147 Å². The van der Waals surface area contributed by atoms with Crippen LogP contribution in [0.4, 0.5) is 5.69 Å². The Morgan fingerprint density at radius 2 is 1.87 bits per heavy atom. The van der Waals surface area contributed by atoms with Crippen LogP contribution in [0.15, 0.2) is 40.9 Å². The van der Waals surface area contributed by atoms with Crippen molar-refractivity contribution in [3.05, 3.63) is 45.9 Å². The van der Waals surface area contributed by atoms with Crippen molar-refractivity contribution in [1.82, 2.24) is 0 Å². The molecule has 0 aliphatic heterocycles. The van der Waals surface area contributed by atoms with Gasteiger partial charge in [0.25, 0.3) is 5.91 Å². The zero-order chi connectivity index (χ0) is 16.8. The first-order chi connectivity index (χ1) is 11.0. The van der Waals surface area contributed by atoms with Gasteiger partial charge >= 0.3 is 0 Å². The third kappa shape index (κ3) is 4.77. The number of carbonyl (C=O) groups is 1. The summed E-state index contributed by atoms with van der Waals surface area (Å²) < 4.78 is 16.6. The molecule has 0 atom stereocenters. The second kappa shape index (κ2) is 8.08. The van der Waals surface area contributed by atoms with E-state index in [0.29, 0.717) is 28.0 Å². The van der Waals surface area contributed by atoms with E-state index in [9.17, 15) is 4.79 Å². The van der Waals surface area contributed by atoms with Crippen LogP contribution in [0.2, 0.25) is 5.02 Å². The highest BCUT2D eigenvalue weighted by molar-refractivity contribution is 9.10. The van der Waals surface area contributed by atoms with Gasteiger partial charge in [0.2, 0.25) is 0 Å². The standard InChI is InChI=1S/C16H15BrClNO4/c1-21-11-4-6-15(22-2)13(8-11)19-16(20)9-23-14-5-3-10(17)7-12(14)18/h3-8H,9H2,1-2H3,(H,19,20). The minimum Gasteiger partial charge on any atom is -0.497 e. The third-order valence-corrected chi connectivity index (χ3v) is 3.72. The molecule has 23 heavy (non-hydrogen) atoms. The number of amides is 1. The number of benzene rings is 2. The summed E-state index contributed by atoms with van der Waals surface area (Å²) in [6.45, 7) is -0.179. The lowest BCUT2D eigenvalue weighted by Gasteiger charge is -2.12. The van der Waals surface area contributed by atoms with Gasteiger partial charge in [0.1, 0.15) is 17.2 Å². The molecular formula is C16H15BrClNO4. The zero-order valence-electron chi connectivity index (χ0n) is 12.6. The maximum Gasteiger partial charge on any atom is 0.262 e. The second-order valence-electron chi connectivity index (χ2n) is 4.48. The first-order valence-corrected chi connectivity index (χ1v) is 7.80. The average molecular weight is 401 g/mol. The Hall–Kier alpha value is -1.92. The Bertz CT molecular complexity index is 708. The minimum atomic E-state index is -0.337. The smallest absolute Gasteiger partial charge is 0.262 e. The number of hydrogen-bond acceptors (Lipinski definition) is 4. The molecule has 1 amide bonds. The van der Waals surface area contributed by atoms with Crippen molar-refractivity contribution in [3.8, 4) is 17.2 Å². The van der Waals surface area contributed by atoms with Gasteiger partial charge < -0.3 is 19.5 Å². The van der Waals surface area contributed by atoms with E-state index in [1.807, 2.05) is 0 Å². The summed E-state index contributed by atoms with van der Waals surface area (Å²) in [4.78, 5) is 12.0. The van der Waals surface area contributed by atoms with E-state index in [1.54, 1.807) is 43.5 Å². The van der Waals surface area contributed by atoms with Crippen LogP contribution in [0.1, 0.15) is 0 Å². The Morgan fingerprint density at radius 1 is 1.13 bits per heavy atom. The third-order valence-electron chi connectivity index (χ3n) is 2.93. The predicted molar refractivity (Wildman–Crippen MR) is 92.8 cm³/mol. The number of rotatable bonds is 6. The number of carbonyl (C=O) groups excluding carboxylic acids is 1. The lowest BCUT2D eigenvalue weighted by molar-refractivity contribution is -0.118. The van der Waals surface area contributed by atoms with Crippen LogP contribution < -0.4 is 19.5 Å². The van der Waals surface area contributed by atoms with E-state index >= 15 is 0 Å². The highest BCUT2D eigenvalue weighted by Gasteiger charge is 2.11. The van der Waals surface area contributed by atoms with Gasteiger partial charge in [-0.05, 0) is 30.3 Å². The van der Waals surface area contributed by atoms with Crippen LogP contribution >= 0.6 is 27.5 Å². The van der Waals surface area contributed by atoms with E-state index < -0.39 is 0 Å². The van der Waals surface area contributed by atoms with Gasteiger partial charge in [0.15, 0.2) is 6.61 Å². The van der Waals surface area contributed by atoms with Crippen LogP contribution in [0.25, 0.3) is 0 Å². The van der Waals surface area contributed by atoms with Crippen LogP contribution in [0, 0.1) is 0 Å². The lowest BCUT2D eigenvalue weighted by Crippen LogP contribution is -2.20. The molecule has 2 aromatic rings. The highest BCUT2D eigenvalue weighted by Crippen LogP contribution is 2.29. The molecule has 0 bridgehead atoms. The van der Waals surface area contributed by atoms with E-state index in [0.717, 1.165) is 4.47 Å². The zero-order valence-corrected chi connectivity index (χ0v) is 14.9. The molecule has 7 heteroatoms. The molecule has 1 N–H and O–H groups in total. The molecule has 122 valence electrons. The van der Waals surface area contributed by atoms with E-state index in [2.05, 4.69) is 21.2 Å². The lowest BCUT2D eigenvalue weighted by atomic mass is 10.2. The topological polar surface area (TPSA) is 56.8 Å². The Balaban J connectivity index is 2.02. The first kappa shape index (κ1) is 17.4. The molecular weight excluding hydrogens is 386 g/mol. The summed E-state index contributed by atoms with van der Waals surface area (Å²) in [6, 6.07) is 10.3. The molecule has 0 unspecified atom stereocenters. The summed E-state index contributed by atoms with van der Waals surface area (Å²) in [6.07, 6.45) is 0. The molecule has 2 aromatic carbocycles. The number of halogens is 2. The summed E-state index contributed by atoms with van der Waals surface area (Å²) >= 11 is 9.34. The van der Waals surface area contributed by atoms with Gasteiger partial charge in [-0.3, -0.25) is 4.79 Å². The number of nitrogens with one attached hydrogen (secondary N) is 1. The first-order valence-electron chi connectivity index (χ1n) is 6.63. The van der Waals surface area contributed by atoms with Gasteiger partial charge in [-0.1, -0.05) is 27.5 Å². The summed E-state index contributed by atoms with van der Waals surface area (Å²) in [5.74, 6) is 1.23. The molecule has 0 aromatic heterocycles. The fourth-order valence-corrected chi connectivity index (χ4v) is 2.56. The highest BCUT2D eigenvalue weighted by atomic mass is 79.9. The van der Waals surface area contributed by atoms with E-state index in [1.165, 1.54) is 7.11 Å². The van der Waals surface area contributed by atoms with Crippen LogP contribution in [-0.4, -0.2) is 26.7 Å². The van der Waals surface area contributed by atoms with Gasteiger partial charge in [-0.2, -0.15) is 0 Å². The molecule has 0 fully saturated rings. The molecule has 5 nitrogen and oxygen atoms in total. The number of ether oxygens (including phenoxy) is 3. The van der Waals surface area contributed by atoms with Crippen molar-refractivity contribution < 1.29 is 19.0 Å². The molecule has 0 spiro atoms. The molecule has 0 radical (unpaired) electrons. The maximum atomic E-state index is 12.0. The molecule has 0 saturated carbocycles. The van der Waals surface area contributed by atoms with Crippen molar-refractivity contribution in [1.29, 1.82) is 0 Å². The normalized spacial score (nSPS) is 10.1. The molecule has 0 aliphatic rings. The summed E-state index contributed by atoms with van der Waals surface area (Å²) in [5.41, 5.74) is 0.502. The fraction of sp³-hybridized carbons (Fsp3) is 0.188. The molecule has 0 aliphatic carbocycles. The number of methoxy groups -OCH3 is 2. The van der Waals surface area contributed by atoms with E-state index in [4.69, 9.17) is 25.8 Å². The second-order valence-corrected chi connectivity index (χ2v) is 5.80. The van der Waals surface area contributed by atoms with Gasteiger partial charge in [-0.15, -0.1) is 0 Å². The van der Waals surface area contributed by atoms with Crippen LogP contribution in [0.3, 0.4) is 0 Å². The van der Waals surface area contributed by atoms with Crippen molar-refractivity contribution in [3.63, 3.8) is 0 Å². The van der Waals surface area contributed by atoms with Crippen molar-refractivity contribution in [2.24, 2.45) is 0 Å². The van der Waals surface area contributed by atoms with Crippen LogP contribution in [-0.2, 0) is 4.79 Å². The van der Waals surface area contributed by atoms with Gasteiger partial charge in [-0.25, -0.2) is 0 Å². The quantitative estimate of drug-likeness (QED) is 0.792. The van der Waals surface area contributed by atoms with Crippen LogP contribution in [0.5, 0.6) is 17.2 Å². The maximum absolute atomic E-state index is 12.0. The molecule has 0 saturated heterocycles. The van der Waals surface area contributed by atoms with E-state index in [-0.39, 0.29) is 12.5 Å². The minimum absolute atomic E-state index is 0.179. The van der Waals surface area contributed by atoms with Gasteiger partial charge in [0, 0.05) is 10.5 Å². The Morgan fingerprint density at radius 3 is 2.52 bits per heavy atom. The van der Waals surface area contributed by atoms with Crippen molar-refractivity contribution >= 4 is 39.1 Å². The Kier molecular flexibility index (Phi) is 6.12. The SMILES string of the molecule is COc1ccc(OC)c(NC(=O)COc2ccc(Br)cc2Cl)c1.